The molecular weight excluding hydrogens is 416 g/mol. The Morgan fingerprint density at radius 1 is 1.07 bits per heavy atom. The number of carbonyl (C=O) groups excluding carboxylic acids is 1. The maximum absolute atomic E-state index is 13.0. The quantitative estimate of drug-likeness (QED) is 0.312. The summed E-state index contributed by atoms with van der Waals surface area (Å²) in [5.74, 6) is 0.144. The van der Waals surface area contributed by atoms with Crippen LogP contribution in [0.1, 0.15) is 20.3 Å². The van der Waals surface area contributed by atoms with Crippen molar-refractivity contribution in [3.63, 3.8) is 0 Å². The Morgan fingerprint density at radius 2 is 1.80 bits per heavy atom. The molecular formula is C22H22N4O2S2. The third kappa shape index (κ3) is 3.97. The summed E-state index contributed by atoms with van der Waals surface area (Å²) in [6.45, 7) is 5.07. The van der Waals surface area contributed by atoms with E-state index in [0.29, 0.717) is 34.3 Å². The monoisotopic (exact) mass is 438 g/mol. The molecule has 6 nitrogen and oxygen atoms in total. The number of hydrogen-bond acceptors (Lipinski definition) is 6. The number of para-hydroxylation sites is 2. The average Bonchev–Trinajstić information content (AvgIpc) is 3.19. The molecule has 0 unspecified atom stereocenters. The van der Waals surface area contributed by atoms with Crippen molar-refractivity contribution in [3.05, 3.63) is 58.9 Å². The van der Waals surface area contributed by atoms with E-state index in [-0.39, 0.29) is 17.2 Å². The predicted octanol–water partition coefficient (Wildman–Crippen LogP) is 4.56. The van der Waals surface area contributed by atoms with Gasteiger partial charge in [0, 0.05) is 13.1 Å². The minimum atomic E-state index is -0.0593. The molecule has 0 atom stereocenters. The topological polar surface area (TPSA) is 68.1 Å². The number of anilines is 1. The highest BCUT2D eigenvalue weighted by atomic mass is 32.2. The number of amides is 1. The predicted molar refractivity (Wildman–Crippen MR) is 125 cm³/mol. The molecule has 2 aromatic carbocycles. The van der Waals surface area contributed by atoms with E-state index in [2.05, 4.69) is 9.97 Å². The molecule has 4 aromatic rings. The summed E-state index contributed by atoms with van der Waals surface area (Å²) >= 11 is 2.82. The van der Waals surface area contributed by atoms with Crippen LogP contribution in [-0.4, -0.2) is 32.7 Å². The minimum absolute atomic E-state index is 0.0491. The zero-order valence-corrected chi connectivity index (χ0v) is 18.5. The molecule has 0 saturated heterocycles. The van der Waals surface area contributed by atoms with Crippen LogP contribution in [0.4, 0.5) is 5.13 Å². The lowest BCUT2D eigenvalue weighted by atomic mass is 10.2. The molecule has 0 N–H and O–H groups in total. The van der Waals surface area contributed by atoms with Crippen LogP contribution in [0.2, 0.25) is 0 Å². The molecule has 2 heterocycles. The van der Waals surface area contributed by atoms with Crippen molar-refractivity contribution in [1.82, 2.24) is 14.5 Å². The van der Waals surface area contributed by atoms with Gasteiger partial charge in [-0.25, -0.2) is 9.97 Å². The Hall–Kier alpha value is -2.71. The largest absolute Gasteiger partial charge is 0.288 e. The second-order valence-electron chi connectivity index (χ2n) is 6.76. The number of thiazole rings is 1. The molecule has 4 rings (SSSR count). The Balaban J connectivity index is 1.60. The van der Waals surface area contributed by atoms with E-state index >= 15 is 0 Å². The lowest BCUT2D eigenvalue weighted by molar-refractivity contribution is -0.116. The molecule has 0 aliphatic carbocycles. The van der Waals surface area contributed by atoms with E-state index < -0.39 is 0 Å². The lowest BCUT2D eigenvalue weighted by Crippen LogP contribution is -2.32. The van der Waals surface area contributed by atoms with Gasteiger partial charge in [0.25, 0.3) is 5.56 Å². The zero-order chi connectivity index (χ0) is 21.1. The normalized spacial score (nSPS) is 11.3. The van der Waals surface area contributed by atoms with E-state index in [1.807, 2.05) is 56.3 Å². The van der Waals surface area contributed by atoms with Gasteiger partial charge in [0.05, 0.1) is 26.9 Å². The first-order valence-corrected chi connectivity index (χ1v) is 11.7. The molecule has 0 radical (unpaired) electrons. The third-order valence-electron chi connectivity index (χ3n) is 4.73. The van der Waals surface area contributed by atoms with Crippen molar-refractivity contribution in [2.24, 2.45) is 0 Å². The Kier molecular flexibility index (Phi) is 6.15. The number of carbonyl (C=O) groups is 1. The first kappa shape index (κ1) is 20.6. The van der Waals surface area contributed by atoms with Gasteiger partial charge in [0.15, 0.2) is 10.3 Å². The lowest BCUT2D eigenvalue weighted by Gasteiger charge is -2.18. The summed E-state index contributed by atoms with van der Waals surface area (Å²) < 4.78 is 2.73. The van der Waals surface area contributed by atoms with Crippen molar-refractivity contribution < 1.29 is 4.79 Å². The number of rotatable bonds is 7. The highest BCUT2D eigenvalue weighted by molar-refractivity contribution is 7.99. The third-order valence-corrected chi connectivity index (χ3v) is 6.75. The number of aromatic nitrogens is 3. The fourth-order valence-electron chi connectivity index (χ4n) is 3.28. The standard InChI is InChI=1S/C22H22N4O2S2/c1-3-13-26-20(28)15-9-5-6-10-16(15)23-21(26)29-14-19(27)25(4-2)22-24-17-11-7-8-12-18(17)30-22/h5-12H,3-4,13-14H2,1-2H3. The summed E-state index contributed by atoms with van der Waals surface area (Å²) in [4.78, 5) is 36.9. The van der Waals surface area contributed by atoms with E-state index in [0.717, 1.165) is 16.6 Å². The molecule has 0 saturated carbocycles. The SMILES string of the molecule is CCCn1c(SCC(=O)N(CC)c2nc3ccccc3s2)nc2ccccc2c1=O. The average molecular weight is 439 g/mol. The first-order chi connectivity index (χ1) is 14.6. The van der Waals surface area contributed by atoms with Crippen LogP contribution in [0.5, 0.6) is 0 Å². The Labute approximate surface area is 182 Å². The number of fused-ring (bicyclic) bond motifs is 2. The van der Waals surface area contributed by atoms with Gasteiger partial charge in [-0.2, -0.15) is 0 Å². The van der Waals surface area contributed by atoms with Gasteiger partial charge < -0.3 is 0 Å². The van der Waals surface area contributed by atoms with Gasteiger partial charge in [0.1, 0.15) is 0 Å². The number of nitrogens with zero attached hydrogens (tertiary/aromatic N) is 4. The fourth-order valence-corrected chi connectivity index (χ4v) is 5.22. The summed E-state index contributed by atoms with van der Waals surface area (Å²) in [6, 6.07) is 15.2. The van der Waals surface area contributed by atoms with Crippen LogP contribution in [0.15, 0.2) is 58.5 Å². The summed E-state index contributed by atoms with van der Waals surface area (Å²) in [5, 5.41) is 1.88. The fraction of sp³-hybridized carbons (Fsp3) is 0.273. The number of benzene rings is 2. The van der Waals surface area contributed by atoms with Crippen molar-refractivity contribution in [3.8, 4) is 0 Å². The Morgan fingerprint density at radius 3 is 2.53 bits per heavy atom. The summed E-state index contributed by atoms with van der Waals surface area (Å²) in [5.41, 5.74) is 1.49. The molecule has 0 aliphatic heterocycles. The van der Waals surface area contributed by atoms with Crippen molar-refractivity contribution in [2.45, 2.75) is 32.0 Å². The van der Waals surface area contributed by atoms with E-state index in [1.165, 1.54) is 23.1 Å². The van der Waals surface area contributed by atoms with Crippen molar-refractivity contribution >= 4 is 55.3 Å². The van der Waals surface area contributed by atoms with Crippen molar-refractivity contribution in [1.29, 1.82) is 0 Å². The van der Waals surface area contributed by atoms with Gasteiger partial charge in [-0.15, -0.1) is 0 Å². The van der Waals surface area contributed by atoms with E-state index in [9.17, 15) is 9.59 Å². The van der Waals surface area contributed by atoms with E-state index in [4.69, 9.17) is 0 Å². The highest BCUT2D eigenvalue weighted by Gasteiger charge is 2.20. The molecule has 154 valence electrons. The van der Waals surface area contributed by atoms with Gasteiger partial charge in [0.2, 0.25) is 5.91 Å². The first-order valence-electron chi connectivity index (χ1n) is 9.90. The van der Waals surface area contributed by atoms with Crippen molar-refractivity contribution in [2.75, 3.05) is 17.2 Å². The smallest absolute Gasteiger partial charge is 0.262 e. The molecule has 0 bridgehead atoms. The van der Waals surface area contributed by atoms with Crippen LogP contribution in [-0.2, 0) is 11.3 Å². The maximum atomic E-state index is 13.0. The molecule has 1 amide bonds. The summed E-state index contributed by atoms with van der Waals surface area (Å²) in [6.07, 6.45) is 0.814. The van der Waals surface area contributed by atoms with Gasteiger partial charge in [-0.05, 0) is 37.6 Å². The van der Waals surface area contributed by atoms with E-state index in [1.54, 1.807) is 15.5 Å². The van der Waals surface area contributed by atoms with Crippen LogP contribution >= 0.6 is 23.1 Å². The molecule has 8 heteroatoms. The second kappa shape index (κ2) is 8.97. The number of hydrogen-bond donors (Lipinski definition) is 0. The summed E-state index contributed by atoms with van der Waals surface area (Å²) in [7, 11) is 0. The van der Waals surface area contributed by atoms with Gasteiger partial charge in [-0.3, -0.25) is 19.1 Å². The van der Waals surface area contributed by atoms with Crippen LogP contribution in [0.3, 0.4) is 0 Å². The Bertz CT molecular complexity index is 1230. The van der Waals surface area contributed by atoms with Gasteiger partial charge in [-0.1, -0.05) is 54.3 Å². The van der Waals surface area contributed by atoms with Crippen LogP contribution < -0.4 is 10.5 Å². The zero-order valence-electron chi connectivity index (χ0n) is 16.9. The number of thioether (sulfide) groups is 1. The molecule has 2 aromatic heterocycles. The molecule has 0 aliphatic rings. The molecule has 0 spiro atoms. The highest BCUT2D eigenvalue weighted by Crippen LogP contribution is 2.29. The van der Waals surface area contributed by atoms with Gasteiger partial charge >= 0.3 is 0 Å². The van der Waals surface area contributed by atoms with Crippen LogP contribution in [0.25, 0.3) is 21.1 Å². The second-order valence-corrected chi connectivity index (χ2v) is 8.71. The maximum Gasteiger partial charge on any atom is 0.262 e. The molecule has 30 heavy (non-hydrogen) atoms. The minimum Gasteiger partial charge on any atom is -0.288 e. The van der Waals surface area contributed by atoms with Crippen LogP contribution in [0, 0.1) is 0 Å². The molecule has 0 fully saturated rings.